The predicted molar refractivity (Wildman–Crippen MR) is 95.4 cm³/mol. The molecule has 1 N–H and O–H groups in total. The number of carbonyl (C=O) groups excluding carboxylic acids is 1. The summed E-state index contributed by atoms with van der Waals surface area (Å²) in [5, 5.41) is 0. The summed E-state index contributed by atoms with van der Waals surface area (Å²) in [4.78, 5) is 21.3. The van der Waals surface area contributed by atoms with E-state index in [0.29, 0.717) is 5.82 Å². The average Bonchev–Trinajstić information content (AvgIpc) is 2.94. The molecule has 1 amide bonds. The van der Waals surface area contributed by atoms with Gasteiger partial charge in [-0.3, -0.25) is 4.90 Å². The second-order valence-corrected chi connectivity index (χ2v) is 7.26. The van der Waals surface area contributed by atoms with Crippen LogP contribution in [0.1, 0.15) is 26.6 Å². The molecule has 24 heavy (non-hydrogen) atoms. The summed E-state index contributed by atoms with van der Waals surface area (Å²) in [5.74, 6) is 0.663. The maximum Gasteiger partial charge on any atom is 0.412 e. The van der Waals surface area contributed by atoms with E-state index >= 15 is 0 Å². The van der Waals surface area contributed by atoms with E-state index in [-0.39, 0.29) is 13.3 Å². The Labute approximate surface area is 150 Å². The van der Waals surface area contributed by atoms with Crippen LogP contribution in [0, 0.1) is 0 Å². The lowest BCUT2D eigenvalue weighted by atomic mass is 10.2. The summed E-state index contributed by atoms with van der Waals surface area (Å²) < 4.78 is 11.5. The number of methoxy groups -OCH3 is 1. The highest BCUT2D eigenvalue weighted by Gasteiger charge is 2.23. The summed E-state index contributed by atoms with van der Waals surface area (Å²) >= 11 is 3.42. The normalized spacial score (nSPS) is 11.4. The predicted octanol–water partition coefficient (Wildman–Crippen LogP) is 4.18. The van der Waals surface area contributed by atoms with Gasteiger partial charge in [-0.15, -0.1) is 0 Å². The lowest BCUT2D eigenvalue weighted by Gasteiger charge is -2.26. The summed E-state index contributed by atoms with van der Waals surface area (Å²) in [5.41, 5.74) is 1.35. The number of hydrogen-bond donors (Lipinski definition) is 1. The van der Waals surface area contributed by atoms with Gasteiger partial charge in [0.2, 0.25) is 0 Å². The molecule has 2 rings (SSSR count). The first-order valence-electron chi connectivity index (χ1n) is 7.55. The Kier molecular flexibility index (Phi) is 6.01. The van der Waals surface area contributed by atoms with Crippen LogP contribution >= 0.6 is 15.9 Å². The number of nitrogens with zero attached hydrogens (tertiary/aromatic N) is 2. The third kappa shape index (κ3) is 5.35. The first kappa shape index (κ1) is 18.5. The Balaban J connectivity index is 2.10. The second kappa shape index (κ2) is 7.81. The SMILES string of the molecule is COCN(Cc1ncc(-c2ccc(Br)cc2)[nH]1)C(=O)OC(C)(C)C. The van der Waals surface area contributed by atoms with E-state index in [1.807, 2.05) is 45.0 Å². The lowest BCUT2D eigenvalue weighted by Crippen LogP contribution is -2.37. The van der Waals surface area contributed by atoms with Crippen LogP contribution in [0.3, 0.4) is 0 Å². The van der Waals surface area contributed by atoms with E-state index in [4.69, 9.17) is 9.47 Å². The number of ether oxygens (including phenoxy) is 2. The van der Waals surface area contributed by atoms with Gasteiger partial charge in [-0.1, -0.05) is 28.1 Å². The smallest absolute Gasteiger partial charge is 0.412 e. The maximum absolute atomic E-state index is 12.2. The minimum atomic E-state index is -0.561. The standard InChI is InChI=1S/C17H22BrN3O3/c1-17(2,3)24-16(22)21(11-23-4)10-15-19-9-14(20-15)12-5-7-13(18)8-6-12/h5-9H,10-11H2,1-4H3,(H,19,20). The van der Waals surface area contributed by atoms with Crippen LogP contribution in [0.15, 0.2) is 34.9 Å². The second-order valence-electron chi connectivity index (χ2n) is 6.35. The van der Waals surface area contributed by atoms with Gasteiger partial charge in [-0.05, 0) is 38.5 Å². The molecule has 2 aromatic rings. The summed E-state index contributed by atoms with van der Waals surface area (Å²) in [7, 11) is 1.53. The molecule has 0 aliphatic carbocycles. The number of amides is 1. The molecule has 1 heterocycles. The minimum absolute atomic E-state index is 0.128. The fraction of sp³-hybridized carbons (Fsp3) is 0.412. The van der Waals surface area contributed by atoms with Crippen molar-refractivity contribution in [1.82, 2.24) is 14.9 Å². The molecule has 0 fully saturated rings. The monoisotopic (exact) mass is 395 g/mol. The van der Waals surface area contributed by atoms with Crippen molar-refractivity contribution in [3.8, 4) is 11.3 Å². The van der Waals surface area contributed by atoms with Crippen molar-refractivity contribution < 1.29 is 14.3 Å². The number of aromatic amines is 1. The number of H-pyrrole nitrogens is 1. The van der Waals surface area contributed by atoms with Gasteiger partial charge in [-0.2, -0.15) is 0 Å². The average molecular weight is 396 g/mol. The maximum atomic E-state index is 12.2. The van der Waals surface area contributed by atoms with E-state index < -0.39 is 11.7 Å². The van der Waals surface area contributed by atoms with Gasteiger partial charge >= 0.3 is 6.09 Å². The summed E-state index contributed by atoms with van der Waals surface area (Å²) in [6.07, 6.45) is 1.31. The number of imidazole rings is 1. The van der Waals surface area contributed by atoms with Gasteiger partial charge in [0.1, 0.15) is 18.2 Å². The molecule has 0 spiro atoms. The molecular weight excluding hydrogens is 374 g/mol. The summed E-state index contributed by atoms with van der Waals surface area (Å²) in [6, 6.07) is 7.91. The number of carbonyl (C=O) groups is 1. The molecule has 1 aromatic carbocycles. The van der Waals surface area contributed by atoms with Crippen LogP contribution in [-0.2, 0) is 16.0 Å². The quantitative estimate of drug-likeness (QED) is 0.770. The third-order valence-electron chi connectivity index (χ3n) is 3.06. The molecule has 0 aliphatic heterocycles. The minimum Gasteiger partial charge on any atom is -0.444 e. The molecule has 0 saturated heterocycles. The van der Waals surface area contributed by atoms with Crippen molar-refractivity contribution in [1.29, 1.82) is 0 Å². The van der Waals surface area contributed by atoms with Gasteiger partial charge in [0.15, 0.2) is 0 Å². The number of rotatable bonds is 5. The first-order valence-corrected chi connectivity index (χ1v) is 8.34. The largest absolute Gasteiger partial charge is 0.444 e. The molecule has 0 atom stereocenters. The summed E-state index contributed by atoms with van der Waals surface area (Å²) in [6.45, 7) is 5.89. The van der Waals surface area contributed by atoms with Crippen molar-refractivity contribution in [3.63, 3.8) is 0 Å². The number of nitrogens with one attached hydrogen (secondary N) is 1. The molecule has 6 nitrogen and oxygen atoms in total. The highest BCUT2D eigenvalue weighted by Crippen LogP contribution is 2.20. The molecule has 0 unspecified atom stereocenters. The molecule has 130 valence electrons. The molecule has 0 radical (unpaired) electrons. The van der Waals surface area contributed by atoms with Crippen molar-refractivity contribution in [2.24, 2.45) is 0 Å². The van der Waals surface area contributed by atoms with Crippen molar-refractivity contribution >= 4 is 22.0 Å². The zero-order chi connectivity index (χ0) is 17.7. The zero-order valence-corrected chi connectivity index (χ0v) is 15.9. The van der Waals surface area contributed by atoms with Crippen LogP contribution in [0.4, 0.5) is 4.79 Å². The van der Waals surface area contributed by atoms with Crippen LogP contribution in [0.2, 0.25) is 0 Å². The molecule has 1 aromatic heterocycles. The highest BCUT2D eigenvalue weighted by molar-refractivity contribution is 9.10. The zero-order valence-electron chi connectivity index (χ0n) is 14.3. The van der Waals surface area contributed by atoms with Gasteiger partial charge in [0, 0.05) is 11.6 Å². The fourth-order valence-corrected chi connectivity index (χ4v) is 2.31. The third-order valence-corrected chi connectivity index (χ3v) is 3.59. The Hall–Kier alpha value is -1.86. The van der Waals surface area contributed by atoms with Crippen molar-refractivity contribution in [2.45, 2.75) is 32.9 Å². The molecule has 0 saturated carbocycles. The van der Waals surface area contributed by atoms with Gasteiger partial charge in [0.05, 0.1) is 18.4 Å². The molecule has 0 bridgehead atoms. The van der Waals surface area contributed by atoms with E-state index in [2.05, 4.69) is 25.9 Å². The number of hydrogen-bond acceptors (Lipinski definition) is 4. The van der Waals surface area contributed by atoms with Gasteiger partial charge < -0.3 is 14.5 Å². The van der Waals surface area contributed by atoms with Crippen LogP contribution in [0.5, 0.6) is 0 Å². The Morgan fingerprint density at radius 1 is 1.29 bits per heavy atom. The van der Waals surface area contributed by atoms with E-state index in [1.54, 1.807) is 6.20 Å². The highest BCUT2D eigenvalue weighted by atomic mass is 79.9. The molecule has 0 aliphatic rings. The van der Waals surface area contributed by atoms with Crippen LogP contribution in [0.25, 0.3) is 11.3 Å². The van der Waals surface area contributed by atoms with E-state index in [0.717, 1.165) is 15.7 Å². The first-order chi connectivity index (χ1) is 11.3. The van der Waals surface area contributed by atoms with Crippen molar-refractivity contribution in [2.75, 3.05) is 13.8 Å². The van der Waals surface area contributed by atoms with E-state index in [9.17, 15) is 4.79 Å². The molecular formula is C17H22BrN3O3. The van der Waals surface area contributed by atoms with Crippen LogP contribution < -0.4 is 0 Å². The Morgan fingerprint density at radius 2 is 1.96 bits per heavy atom. The Bertz CT molecular complexity index is 677. The fourth-order valence-electron chi connectivity index (χ4n) is 2.04. The van der Waals surface area contributed by atoms with Gasteiger partial charge in [0.25, 0.3) is 0 Å². The number of halogens is 1. The number of aromatic nitrogens is 2. The van der Waals surface area contributed by atoms with Crippen molar-refractivity contribution in [3.05, 3.63) is 40.8 Å². The Morgan fingerprint density at radius 3 is 2.54 bits per heavy atom. The van der Waals surface area contributed by atoms with Crippen LogP contribution in [-0.4, -0.2) is 40.4 Å². The lowest BCUT2D eigenvalue weighted by molar-refractivity contribution is -0.00621. The van der Waals surface area contributed by atoms with Gasteiger partial charge in [-0.25, -0.2) is 9.78 Å². The molecule has 7 heteroatoms. The topological polar surface area (TPSA) is 67.5 Å². The van der Waals surface area contributed by atoms with E-state index in [1.165, 1.54) is 12.0 Å². The number of benzene rings is 1.